The number of aromatic nitrogens is 2. The summed E-state index contributed by atoms with van der Waals surface area (Å²) in [5.74, 6) is -4.90. The maximum Gasteiger partial charge on any atom is 0.352 e. The van der Waals surface area contributed by atoms with E-state index in [-0.39, 0.29) is 24.1 Å². The van der Waals surface area contributed by atoms with Crippen LogP contribution in [0.5, 0.6) is 0 Å². The molecule has 1 fully saturated rings. The summed E-state index contributed by atoms with van der Waals surface area (Å²) in [4.78, 5) is 15.9. The molecule has 1 aliphatic carbocycles. The fourth-order valence-electron chi connectivity index (χ4n) is 2.10. The Morgan fingerprint density at radius 3 is 2.41 bits per heavy atom. The molecular weight excluding hydrogens is 296 g/mol. The second kappa shape index (κ2) is 5.26. The van der Waals surface area contributed by atoms with E-state index >= 15 is 0 Å². The van der Waals surface area contributed by atoms with Crippen molar-refractivity contribution in [3.8, 4) is 0 Å². The van der Waals surface area contributed by atoms with Crippen LogP contribution in [0, 0.1) is 0 Å². The zero-order valence-electron chi connectivity index (χ0n) is 13.1. The number of nitrogens with one attached hydrogen (secondary N) is 1. The van der Waals surface area contributed by atoms with Gasteiger partial charge in [-0.1, -0.05) is 25.9 Å². The maximum absolute atomic E-state index is 14.0. The van der Waals surface area contributed by atoms with Gasteiger partial charge in [-0.3, -0.25) is 4.79 Å². The van der Waals surface area contributed by atoms with Gasteiger partial charge in [-0.05, 0) is 26.2 Å². The van der Waals surface area contributed by atoms with Gasteiger partial charge in [0.2, 0.25) is 5.89 Å². The Labute approximate surface area is 127 Å². The minimum Gasteiger partial charge on any atom is -0.383 e. The van der Waals surface area contributed by atoms with Crippen molar-refractivity contribution in [2.24, 2.45) is 0 Å². The van der Waals surface area contributed by atoms with Crippen molar-refractivity contribution in [2.75, 3.05) is 0 Å². The molecular formula is C14H21F2N3O3. The molecule has 1 saturated carbocycles. The number of hydrogen-bond donors (Lipinski definition) is 2. The van der Waals surface area contributed by atoms with E-state index in [0.717, 1.165) is 0 Å². The van der Waals surface area contributed by atoms with Gasteiger partial charge in [-0.2, -0.15) is 13.8 Å². The summed E-state index contributed by atoms with van der Waals surface area (Å²) in [6, 6.07) is -0.870. The number of nitrogens with zero attached hydrogens (tertiary/aromatic N) is 2. The van der Waals surface area contributed by atoms with Crippen molar-refractivity contribution in [2.45, 2.75) is 69.9 Å². The van der Waals surface area contributed by atoms with Gasteiger partial charge in [-0.25, -0.2) is 0 Å². The average molecular weight is 317 g/mol. The van der Waals surface area contributed by atoms with Gasteiger partial charge in [-0.15, -0.1) is 0 Å². The Morgan fingerprint density at radius 1 is 1.41 bits per heavy atom. The Morgan fingerprint density at radius 2 is 2.00 bits per heavy atom. The number of rotatable bonds is 4. The van der Waals surface area contributed by atoms with Crippen LogP contribution in [-0.2, 0) is 10.2 Å². The van der Waals surface area contributed by atoms with Crippen molar-refractivity contribution < 1.29 is 23.2 Å². The first-order chi connectivity index (χ1) is 9.97. The monoisotopic (exact) mass is 317 g/mol. The summed E-state index contributed by atoms with van der Waals surface area (Å²) >= 11 is 0. The third kappa shape index (κ3) is 2.84. The van der Waals surface area contributed by atoms with E-state index < -0.39 is 23.5 Å². The molecule has 22 heavy (non-hydrogen) atoms. The van der Waals surface area contributed by atoms with E-state index in [1.807, 2.05) is 20.8 Å². The van der Waals surface area contributed by atoms with Gasteiger partial charge in [0.1, 0.15) is 11.6 Å². The molecule has 0 aliphatic heterocycles. The van der Waals surface area contributed by atoms with Crippen molar-refractivity contribution >= 4 is 5.91 Å². The van der Waals surface area contributed by atoms with Crippen molar-refractivity contribution in [1.82, 2.24) is 15.5 Å². The predicted octanol–water partition coefficient (Wildman–Crippen LogP) is 2.09. The second-order valence-corrected chi connectivity index (χ2v) is 6.86. The molecule has 124 valence electrons. The number of aliphatic hydroxyl groups is 1. The van der Waals surface area contributed by atoms with Gasteiger partial charge in [0.25, 0.3) is 5.91 Å². The highest BCUT2D eigenvalue weighted by atomic mass is 19.3. The van der Waals surface area contributed by atoms with Gasteiger partial charge < -0.3 is 14.9 Å². The maximum atomic E-state index is 14.0. The first kappa shape index (κ1) is 16.8. The smallest absolute Gasteiger partial charge is 0.352 e. The topological polar surface area (TPSA) is 88.2 Å². The fourth-order valence-corrected chi connectivity index (χ4v) is 2.10. The SMILES string of the molecule is CC(NC(=O)C(F)(F)C1(O)CCC1)c1nc(C(C)(C)C)no1. The summed E-state index contributed by atoms with van der Waals surface area (Å²) < 4.78 is 33.0. The van der Waals surface area contributed by atoms with Gasteiger partial charge in [0, 0.05) is 5.41 Å². The van der Waals surface area contributed by atoms with Gasteiger partial charge >= 0.3 is 5.92 Å². The summed E-state index contributed by atoms with van der Waals surface area (Å²) in [6.45, 7) is 7.11. The largest absolute Gasteiger partial charge is 0.383 e. The Kier molecular flexibility index (Phi) is 4.01. The third-order valence-corrected chi connectivity index (χ3v) is 3.88. The first-order valence-corrected chi connectivity index (χ1v) is 7.23. The Bertz CT molecular complexity index is 562. The van der Waals surface area contributed by atoms with Gasteiger partial charge in [0.15, 0.2) is 5.82 Å². The second-order valence-electron chi connectivity index (χ2n) is 6.86. The Balaban J connectivity index is 2.07. The van der Waals surface area contributed by atoms with Crippen molar-refractivity contribution in [3.63, 3.8) is 0 Å². The molecule has 6 nitrogen and oxygen atoms in total. The quantitative estimate of drug-likeness (QED) is 0.888. The van der Waals surface area contributed by atoms with E-state index in [9.17, 15) is 18.7 Å². The standard InChI is InChI=1S/C14H21F2N3O3/c1-8(9-18-10(19-22-9)12(2,3)4)17-11(20)14(15,16)13(21)6-5-7-13/h8,21H,5-7H2,1-4H3,(H,17,20). The highest BCUT2D eigenvalue weighted by molar-refractivity contribution is 5.85. The highest BCUT2D eigenvalue weighted by Gasteiger charge is 2.61. The van der Waals surface area contributed by atoms with E-state index in [1.54, 1.807) is 0 Å². The zero-order valence-corrected chi connectivity index (χ0v) is 13.1. The van der Waals surface area contributed by atoms with Crippen LogP contribution in [0.15, 0.2) is 4.52 Å². The van der Waals surface area contributed by atoms with Crippen LogP contribution in [-0.4, -0.2) is 32.7 Å². The molecule has 8 heteroatoms. The number of amides is 1. The molecule has 0 spiro atoms. The highest BCUT2D eigenvalue weighted by Crippen LogP contribution is 2.44. The lowest BCUT2D eigenvalue weighted by Crippen LogP contribution is -2.60. The van der Waals surface area contributed by atoms with E-state index in [4.69, 9.17) is 4.52 Å². The number of halogens is 2. The van der Waals surface area contributed by atoms with Crippen LogP contribution < -0.4 is 5.32 Å². The lowest BCUT2D eigenvalue weighted by atomic mass is 9.75. The van der Waals surface area contributed by atoms with Crippen LogP contribution >= 0.6 is 0 Å². The predicted molar refractivity (Wildman–Crippen MR) is 73.3 cm³/mol. The summed E-state index contributed by atoms with van der Waals surface area (Å²) in [6.07, 6.45) is 0.306. The zero-order chi connectivity index (χ0) is 16.8. The molecule has 0 aromatic carbocycles. The molecule has 1 aromatic heterocycles. The number of hydrogen-bond acceptors (Lipinski definition) is 5. The molecule has 0 radical (unpaired) electrons. The third-order valence-electron chi connectivity index (χ3n) is 3.88. The number of carbonyl (C=O) groups excluding carboxylic acids is 1. The van der Waals surface area contributed by atoms with Crippen molar-refractivity contribution in [3.05, 3.63) is 11.7 Å². The van der Waals surface area contributed by atoms with E-state index in [2.05, 4.69) is 15.5 Å². The molecule has 1 aliphatic rings. The molecule has 1 aromatic rings. The molecule has 1 unspecified atom stereocenters. The first-order valence-electron chi connectivity index (χ1n) is 7.23. The molecule has 0 bridgehead atoms. The van der Waals surface area contributed by atoms with Crippen LogP contribution in [0.1, 0.15) is 64.7 Å². The summed E-state index contributed by atoms with van der Waals surface area (Å²) in [5, 5.41) is 15.7. The van der Waals surface area contributed by atoms with Crippen LogP contribution in [0.25, 0.3) is 0 Å². The fraction of sp³-hybridized carbons (Fsp3) is 0.786. The number of carbonyl (C=O) groups is 1. The molecule has 2 rings (SSSR count). The molecule has 2 N–H and O–H groups in total. The summed E-state index contributed by atoms with van der Waals surface area (Å²) in [5.41, 5.74) is -2.60. The minimum absolute atomic E-state index is 0.0506. The van der Waals surface area contributed by atoms with Crippen LogP contribution in [0.4, 0.5) is 8.78 Å². The molecule has 1 amide bonds. The van der Waals surface area contributed by atoms with E-state index in [1.165, 1.54) is 6.92 Å². The number of alkyl halides is 2. The van der Waals surface area contributed by atoms with E-state index in [0.29, 0.717) is 12.2 Å². The molecule has 0 saturated heterocycles. The van der Waals surface area contributed by atoms with Crippen LogP contribution in [0.3, 0.4) is 0 Å². The van der Waals surface area contributed by atoms with Gasteiger partial charge in [0.05, 0.1) is 0 Å². The van der Waals surface area contributed by atoms with Crippen LogP contribution in [0.2, 0.25) is 0 Å². The normalized spacial score (nSPS) is 19.4. The molecule has 1 atom stereocenters. The summed E-state index contributed by atoms with van der Waals surface area (Å²) in [7, 11) is 0. The van der Waals surface area contributed by atoms with Crippen molar-refractivity contribution in [1.29, 1.82) is 0 Å². The lowest BCUT2D eigenvalue weighted by molar-refractivity contribution is -0.216. The molecule has 1 heterocycles. The lowest BCUT2D eigenvalue weighted by Gasteiger charge is -2.41. The average Bonchev–Trinajstić information content (AvgIpc) is 2.84. The minimum atomic E-state index is -3.84. The Hall–Kier alpha value is -1.57.